The molecular weight excluding hydrogens is 917 g/mol. The number of hydrogen-bond donors (Lipinski definition) is 4. The molecule has 0 aromatic rings. The molecule has 4 N–H and O–H groups in total. The van der Waals surface area contributed by atoms with Crippen molar-refractivity contribution < 1.29 is 91.6 Å². The van der Waals surface area contributed by atoms with Crippen molar-refractivity contribution in [2.45, 2.75) is 248 Å². The van der Waals surface area contributed by atoms with Crippen LogP contribution in [0.5, 0.6) is 0 Å². The lowest BCUT2D eigenvalue weighted by molar-refractivity contribution is -0.347. The zero-order valence-electron chi connectivity index (χ0n) is 43.2. The van der Waals surface area contributed by atoms with Crippen molar-refractivity contribution in [1.82, 2.24) is 0 Å². The molecule has 0 unspecified atom stereocenters. The van der Waals surface area contributed by atoms with Gasteiger partial charge in [-0.05, 0) is 78.6 Å². The van der Waals surface area contributed by atoms with Crippen molar-refractivity contribution in [2.24, 2.45) is 22.7 Å². The van der Waals surface area contributed by atoms with E-state index in [1.54, 1.807) is 42.3 Å². The van der Waals surface area contributed by atoms with Gasteiger partial charge in [0.25, 0.3) is 0 Å². The minimum Gasteiger partial charge on any atom is -0.459 e. The molecule has 0 amide bonds. The molecular formula is C51H82O19. The first-order valence-corrected chi connectivity index (χ1v) is 25.6. The van der Waals surface area contributed by atoms with Gasteiger partial charge in [-0.1, -0.05) is 25.5 Å². The van der Waals surface area contributed by atoms with E-state index in [1.807, 2.05) is 33.8 Å². The first-order chi connectivity index (χ1) is 33.1. The van der Waals surface area contributed by atoms with Crippen LogP contribution in [0.15, 0.2) is 11.6 Å². The van der Waals surface area contributed by atoms with Crippen molar-refractivity contribution in [3.8, 4) is 0 Å². The Labute approximate surface area is 412 Å². The molecule has 0 aromatic carbocycles. The average Bonchev–Trinajstić information content (AvgIpc) is 3.61. The van der Waals surface area contributed by atoms with Crippen molar-refractivity contribution in [3.63, 3.8) is 0 Å². The first-order valence-electron chi connectivity index (χ1n) is 25.6. The summed E-state index contributed by atoms with van der Waals surface area (Å²) in [4.78, 5) is 25.6. The molecule has 0 radical (unpaired) electrons. The molecule has 0 aromatic heterocycles. The van der Waals surface area contributed by atoms with Crippen LogP contribution in [0.1, 0.15) is 120 Å². The van der Waals surface area contributed by atoms with E-state index < -0.39 is 144 Å². The third-order valence-corrected chi connectivity index (χ3v) is 18.2. The van der Waals surface area contributed by atoms with Crippen molar-refractivity contribution in [2.75, 3.05) is 28.4 Å². The molecule has 4 saturated heterocycles. The van der Waals surface area contributed by atoms with Crippen LogP contribution >= 0.6 is 0 Å². The summed E-state index contributed by atoms with van der Waals surface area (Å²) in [7, 11) is 6.47. The number of hydrogen-bond acceptors (Lipinski definition) is 19. The highest BCUT2D eigenvalue weighted by Crippen LogP contribution is 2.70. The van der Waals surface area contributed by atoms with E-state index in [-0.39, 0.29) is 30.8 Å². The molecule has 70 heavy (non-hydrogen) atoms. The lowest BCUT2D eigenvalue weighted by Gasteiger charge is -2.67. The number of aliphatic hydroxyl groups is 4. The lowest BCUT2D eigenvalue weighted by atomic mass is 9.42. The number of esters is 1. The summed E-state index contributed by atoms with van der Waals surface area (Å²) in [5, 5.41) is 48.0. The van der Waals surface area contributed by atoms with Gasteiger partial charge in [-0.3, -0.25) is 9.59 Å². The highest BCUT2D eigenvalue weighted by atomic mass is 16.8. The molecule has 4 heterocycles. The van der Waals surface area contributed by atoms with E-state index in [9.17, 15) is 30.0 Å². The standard InChI is InChI=1S/C51H82O19/c1-24(52)32-15-18-51(57)49(32,8)47(55)45(66-29(6)53)46-48(7)16-14-31(19-30(48)13-17-50(46,51)56)67-37-21-34(59-10)42(26(3)63-37)69-39-23-36(61-12)44(28(5)65-39)70-40-22-35(60-11)43(27(4)64-40)68-38-20-33(58-9)41(54)25(2)62-38/h13,25-28,31-47,54-57H,14-23H2,1-12H3/t25-,26+,27-,28+,31-,32-,33-,34+,35-,36-,37-,38-,39-,40-,41+,42+,43+,44+,45-,46+,47+,48-,49-,50-,51+/m0/s1. The van der Waals surface area contributed by atoms with E-state index >= 15 is 0 Å². The normalized spacial score (nSPS) is 51.7. The summed E-state index contributed by atoms with van der Waals surface area (Å²) in [5.41, 5.74) is -4.79. The van der Waals surface area contributed by atoms with E-state index in [1.165, 1.54) is 13.8 Å². The van der Waals surface area contributed by atoms with Crippen LogP contribution < -0.4 is 0 Å². The van der Waals surface area contributed by atoms with Crippen LogP contribution in [0, 0.1) is 22.7 Å². The smallest absolute Gasteiger partial charge is 0.303 e. The quantitative estimate of drug-likeness (QED) is 0.144. The maximum absolute atomic E-state index is 12.9. The number of carbonyl (C=O) groups excluding carboxylic acids is 2. The fourth-order valence-electron chi connectivity index (χ4n) is 14.4. The number of ketones is 1. The van der Waals surface area contributed by atoms with E-state index in [0.717, 1.165) is 5.57 Å². The van der Waals surface area contributed by atoms with Gasteiger partial charge in [0.1, 0.15) is 53.6 Å². The van der Waals surface area contributed by atoms with Crippen LogP contribution in [-0.4, -0.2) is 189 Å². The predicted molar refractivity (Wildman–Crippen MR) is 246 cm³/mol. The van der Waals surface area contributed by atoms with Gasteiger partial charge in [0.05, 0.1) is 54.9 Å². The fourth-order valence-corrected chi connectivity index (χ4v) is 14.4. The number of aliphatic hydroxyl groups excluding tert-OH is 2. The predicted octanol–water partition coefficient (Wildman–Crippen LogP) is 3.40. The molecule has 4 aliphatic carbocycles. The Morgan fingerprint density at radius 2 is 1.09 bits per heavy atom. The maximum atomic E-state index is 12.9. The number of ether oxygens (including phenoxy) is 13. The molecule has 400 valence electrons. The number of methoxy groups -OCH3 is 4. The summed E-state index contributed by atoms with van der Waals surface area (Å²) in [6.45, 7) is 13.9. The maximum Gasteiger partial charge on any atom is 0.303 e. The first kappa shape index (κ1) is 54.5. The van der Waals surface area contributed by atoms with Crippen LogP contribution in [0.2, 0.25) is 0 Å². The van der Waals surface area contributed by atoms with Gasteiger partial charge in [-0.25, -0.2) is 0 Å². The second-order valence-corrected chi connectivity index (χ2v) is 22.0. The number of fused-ring (bicyclic) bond motifs is 5. The molecule has 4 aliphatic heterocycles. The minimum atomic E-state index is -1.80. The summed E-state index contributed by atoms with van der Waals surface area (Å²) in [5.74, 6) is -2.35. The van der Waals surface area contributed by atoms with Crippen molar-refractivity contribution in [3.05, 3.63) is 11.6 Å². The zero-order valence-corrected chi connectivity index (χ0v) is 43.2. The monoisotopic (exact) mass is 999 g/mol. The molecule has 0 bridgehead atoms. The van der Waals surface area contributed by atoms with E-state index in [0.29, 0.717) is 51.4 Å². The van der Waals surface area contributed by atoms with E-state index in [2.05, 4.69) is 0 Å². The Bertz CT molecular complexity index is 1870. The van der Waals surface area contributed by atoms with Crippen molar-refractivity contribution >= 4 is 11.8 Å². The molecule has 8 aliphatic rings. The summed E-state index contributed by atoms with van der Waals surface area (Å²) in [6, 6.07) is 0. The second-order valence-electron chi connectivity index (χ2n) is 22.0. The Hall–Kier alpha value is -1.76. The molecule has 0 spiro atoms. The van der Waals surface area contributed by atoms with Gasteiger partial charge < -0.3 is 82.0 Å². The van der Waals surface area contributed by atoms with Gasteiger partial charge in [0, 0.05) is 78.3 Å². The highest BCUT2D eigenvalue weighted by molar-refractivity contribution is 5.80. The summed E-state index contributed by atoms with van der Waals surface area (Å²) < 4.78 is 81.0. The third kappa shape index (κ3) is 9.50. The Morgan fingerprint density at radius 1 is 0.629 bits per heavy atom. The Kier molecular flexibility index (Phi) is 16.4. The van der Waals surface area contributed by atoms with Crippen LogP contribution in [0.4, 0.5) is 0 Å². The van der Waals surface area contributed by atoms with Crippen LogP contribution in [-0.2, 0) is 71.2 Å². The summed E-state index contributed by atoms with van der Waals surface area (Å²) >= 11 is 0. The van der Waals surface area contributed by atoms with Crippen molar-refractivity contribution in [1.29, 1.82) is 0 Å². The van der Waals surface area contributed by atoms with Gasteiger partial charge in [-0.15, -0.1) is 0 Å². The number of Topliss-reactive ketones (excluding diaryl/α,β-unsaturated/α-hetero) is 1. The second kappa shape index (κ2) is 21.1. The Morgan fingerprint density at radius 3 is 1.54 bits per heavy atom. The SMILES string of the molecule is CO[C@H]1C[C@H](O[C@@H]2[C@H](C)O[C@@H](O[C@H]3[C@@H](OC)C[C@H](O[C@@H]4[C@@H](C)O[C@@H](O[C@H]5CC[C@@]6(C)C(=CC[C@]7(O)[C@@H]6[C@H](OC(C)=O)[C@@H](O)[C@]6(C)[C@H](C(C)=O)CC[C@@]67O)C5)C[C@H]4OC)O[C@@H]3C)C[C@@H]2OC)O[C@@H](C)[C@H]1O. The van der Waals surface area contributed by atoms with Gasteiger partial charge in [0.2, 0.25) is 0 Å². The minimum absolute atomic E-state index is 0.0640. The average molecular weight is 999 g/mol. The van der Waals surface area contributed by atoms with Crippen LogP contribution in [0.3, 0.4) is 0 Å². The molecule has 3 saturated carbocycles. The number of carbonyl (C=O) groups is 2. The summed E-state index contributed by atoms with van der Waals surface area (Å²) in [6.07, 6.45) is -5.35. The molecule has 19 heteroatoms. The fraction of sp³-hybridized carbons (Fsp3) is 0.922. The molecule has 8 rings (SSSR count). The molecule has 25 atom stereocenters. The Balaban J connectivity index is 0.869. The highest BCUT2D eigenvalue weighted by Gasteiger charge is 2.79. The largest absolute Gasteiger partial charge is 0.459 e. The van der Waals surface area contributed by atoms with Gasteiger partial charge >= 0.3 is 5.97 Å². The van der Waals surface area contributed by atoms with Gasteiger partial charge in [-0.2, -0.15) is 0 Å². The molecule has 7 fully saturated rings. The third-order valence-electron chi connectivity index (χ3n) is 18.2. The lowest BCUT2D eigenvalue weighted by Crippen LogP contribution is -2.79. The number of rotatable bonds is 14. The topological polar surface area (TPSA) is 235 Å². The van der Waals surface area contributed by atoms with Gasteiger partial charge in [0.15, 0.2) is 25.2 Å². The molecule has 19 nitrogen and oxygen atoms in total. The van der Waals surface area contributed by atoms with E-state index in [4.69, 9.17) is 61.6 Å². The zero-order chi connectivity index (χ0) is 50.8. The van der Waals surface area contributed by atoms with Crippen LogP contribution in [0.25, 0.3) is 0 Å².